The summed E-state index contributed by atoms with van der Waals surface area (Å²) in [6.07, 6.45) is -4.17. The summed E-state index contributed by atoms with van der Waals surface area (Å²) in [5.41, 5.74) is 0.941. The first-order chi connectivity index (χ1) is 11.2. The molecular weight excluding hydrogens is 321 g/mol. The smallest absolute Gasteiger partial charge is 0.394 e. The minimum Gasteiger partial charge on any atom is -0.497 e. The van der Waals surface area contributed by atoms with Crippen LogP contribution in [0.5, 0.6) is 5.75 Å². The second-order valence-corrected chi connectivity index (χ2v) is 6.49. The van der Waals surface area contributed by atoms with E-state index in [2.05, 4.69) is 5.32 Å². The van der Waals surface area contributed by atoms with Gasteiger partial charge in [0.15, 0.2) is 0 Å². The molecule has 1 unspecified atom stereocenters. The van der Waals surface area contributed by atoms with Gasteiger partial charge in [-0.25, -0.2) is 0 Å². The zero-order valence-corrected chi connectivity index (χ0v) is 14.1. The fourth-order valence-electron chi connectivity index (χ4n) is 2.77. The van der Waals surface area contributed by atoms with Crippen molar-refractivity contribution in [2.24, 2.45) is 11.8 Å². The van der Waals surface area contributed by atoms with Gasteiger partial charge in [-0.05, 0) is 23.6 Å². The lowest BCUT2D eigenvalue weighted by atomic mass is 9.95. The molecule has 1 saturated heterocycles. The van der Waals surface area contributed by atoms with E-state index >= 15 is 0 Å². The number of amides is 1. The Labute approximate surface area is 140 Å². The van der Waals surface area contributed by atoms with Crippen LogP contribution in [0.25, 0.3) is 0 Å². The summed E-state index contributed by atoms with van der Waals surface area (Å²) in [7, 11) is 1.58. The highest BCUT2D eigenvalue weighted by Gasteiger charge is 2.47. The molecule has 7 heteroatoms. The van der Waals surface area contributed by atoms with Gasteiger partial charge in [-0.15, -0.1) is 0 Å². The number of halogens is 3. The topological polar surface area (TPSA) is 41.6 Å². The van der Waals surface area contributed by atoms with Gasteiger partial charge in [0.2, 0.25) is 5.91 Å². The van der Waals surface area contributed by atoms with Crippen molar-refractivity contribution in [3.8, 4) is 5.75 Å². The first-order valence-electron chi connectivity index (χ1n) is 7.93. The van der Waals surface area contributed by atoms with Crippen LogP contribution in [-0.2, 0) is 4.79 Å². The highest BCUT2D eigenvalue weighted by Crippen LogP contribution is 2.33. The Balaban J connectivity index is 1.90. The summed E-state index contributed by atoms with van der Waals surface area (Å²) in [5, 5.41) is 2.92. The molecule has 0 bridgehead atoms. The van der Waals surface area contributed by atoms with E-state index in [1.165, 1.54) is 4.90 Å². The molecule has 1 fully saturated rings. The van der Waals surface area contributed by atoms with Crippen LogP contribution in [0.15, 0.2) is 24.3 Å². The third kappa shape index (κ3) is 4.63. The van der Waals surface area contributed by atoms with Gasteiger partial charge in [0.1, 0.15) is 5.75 Å². The van der Waals surface area contributed by atoms with Crippen LogP contribution in [0.2, 0.25) is 0 Å². The molecule has 1 aliphatic heterocycles. The monoisotopic (exact) mass is 344 g/mol. The Bertz CT molecular complexity index is 552. The molecule has 0 aliphatic carbocycles. The normalized spacial score (nSPS) is 17.5. The van der Waals surface area contributed by atoms with Crippen molar-refractivity contribution in [2.45, 2.75) is 26.1 Å². The number of nitrogens with zero attached hydrogens (tertiary/aromatic N) is 1. The molecule has 0 spiro atoms. The highest BCUT2D eigenvalue weighted by molar-refractivity contribution is 5.78. The van der Waals surface area contributed by atoms with Crippen LogP contribution in [0.1, 0.15) is 25.5 Å². The van der Waals surface area contributed by atoms with E-state index in [1.807, 2.05) is 38.1 Å². The standard InChI is InChI=1S/C17H23F3N2O2/c1-11(2)16(12-4-6-14(24-3)7-5-12)21-15(23)10-22-8-13(9-22)17(18,19)20/h4-7,11,13,16H,8-10H2,1-3H3,(H,21,23). The average Bonchev–Trinajstić information content (AvgIpc) is 2.46. The number of carbonyl (C=O) groups excluding carboxylic acids is 1. The molecule has 1 aromatic rings. The number of nitrogens with one attached hydrogen (secondary N) is 1. The van der Waals surface area contributed by atoms with Crippen molar-refractivity contribution in [3.63, 3.8) is 0 Å². The predicted molar refractivity (Wildman–Crippen MR) is 84.7 cm³/mol. The highest BCUT2D eigenvalue weighted by atomic mass is 19.4. The third-order valence-corrected chi connectivity index (χ3v) is 4.25. The van der Waals surface area contributed by atoms with E-state index in [0.717, 1.165) is 11.3 Å². The number of hydrogen-bond donors (Lipinski definition) is 1. The van der Waals surface area contributed by atoms with Gasteiger partial charge < -0.3 is 10.1 Å². The third-order valence-electron chi connectivity index (χ3n) is 4.25. The molecule has 1 atom stereocenters. The molecule has 1 heterocycles. The summed E-state index contributed by atoms with van der Waals surface area (Å²) >= 11 is 0. The van der Waals surface area contributed by atoms with Crippen molar-refractivity contribution in [1.29, 1.82) is 0 Å². The fraction of sp³-hybridized carbons (Fsp3) is 0.588. The molecule has 1 aliphatic rings. The number of alkyl halides is 3. The van der Waals surface area contributed by atoms with Gasteiger partial charge in [-0.2, -0.15) is 13.2 Å². The maximum Gasteiger partial charge on any atom is 0.394 e. The second-order valence-electron chi connectivity index (χ2n) is 6.49. The summed E-state index contributed by atoms with van der Waals surface area (Å²) in [6.45, 7) is 3.75. The molecule has 0 aromatic heterocycles. The molecule has 0 radical (unpaired) electrons. The number of carbonyl (C=O) groups is 1. The number of benzene rings is 1. The minimum atomic E-state index is -4.17. The Morgan fingerprint density at radius 2 is 1.88 bits per heavy atom. The largest absolute Gasteiger partial charge is 0.497 e. The Kier molecular flexibility index (Phi) is 5.74. The number of likely N-dealkylation sites (tertiary alicyclic amines) is 1. The molecular formula is C17H23F3N2O2. The quantitative estimate of drug-likeness (QED) is 0.863. The summed E-state index contributed by atoms with van der Waals surface area (Å²) in [6, 6.07) is 7.21. The summed E-state index contributed by atoms with van der Waals surface area (Å²) < 4.78 is 42.5. The molecule has 24 heavy (non-hydrogen) atoms. The Hall–Kier alpha value is -1.76. The van der Waals surface area contributed by atoms with Crippen LogP contribution in [0.3, 0.4) is 0 Å². The first kappa shape index (κ1) is 18.6. The van der Waals surface area contributed by atoms with Crippen molar-refractivity contribution < 1.29 is 22.7 Å². The van der Waals surface area contributed by atoms with Gasteiger partial charge >= 0.3 is 6.18 Å². The van der Waals surface area contributed by atoms with E-state index in [4.69, 9.17) is 4.74 Å². The van der Waals surface area contributed by atoms with Crippen LogP contribution in [0.4, 0.5) is 13.2 Å². The molecule has 2 rings (SSSR count). The van der Waals surface area contributed by atoms with Crippen LogP contribution in [-0.4, -0.2) is 43.7 Å². The molecule has 0 saturated carbocycles. The lowest BCUT2D eigenvalue weighted by molar-refractivity contribution is -0.209. The van der Waals surface area contributed by atoms with Gasteiger partial charge in [-0.3, -0.25) is 9.69 Å². The summed E-state index contributed by atoms with van der Waals surface area (Å²) in [5.74, 6) is -0.689. The van der Waals surface area contributed by atoms with E-state index in [-0.39, 0.29) is 37.5 Å². The van der Waals surface area contributed by atoms with Crippen LogP contribution >= 0.6 is 0 Å². The lowest BCUT2D eigenvalue weighted by Crippen LogP contribution is -2.56. The van der Waals surface area contributed by atoms with Gasteiger partial charge in [0.25, 0.3) is 0 Å². The van der Waals surface area contributed by atoms with Gasteiger partial charge in [0.05, 0.1) is 25.6 Å². The zero-order chi connectivity index (χ0) is 17.9. The van der Waals surface area contributed by atoms with Crippen LogP contribution in [0, 0.1) is 11.8 Å². The maximum absolute atomic E-state index is 12.5. The van der Waals surface area contributed by atoms with Gasteiger partial charge in [-0.1, -0.05) is 26.0 Å². The molecule has 1 aromatic carbocycles. The van der Waals surface area contributed by atoms with E-state index in [1.54, 1.807) is 7.11 Å². The van der Waals surface area contributed by atoms with Crippen LogP contribution < -0.4 is 10.1 Å². The van der Waals surface area contributed by atoms with E-state index in [9.17, 15) is 18.0 Å². The maximum atomic E-state index is 12.5. The molecule has 4 nitrogen and oxygen atoms in total. The second kappa shape index (κ2) is 7.42. The van der Waals surface area contributed by atoms with E-state index < -0.39 is 12.1 Å². The minimum absolute atomic E-state index is 0.00798. The lowest BCUT2D eigenvalue weighted by Gasteiger charge is -2.39. The van der Waals surface area contributed by atoms with Crippen molar-refractivity contribution >= 4 is 5.91 Å². The number of methoxy groups -OCH3 is 1. The van der Waals surface area contributed by atoms with Crippen molar-refractivity contribution in [1.82, 2.24) is 10.2 Å². The zero-order valence-electron chi connectivity index (χ0n) is 14.1. The van der Waals surface area contributed by atoms with E-state index in [0.29, 0.717) is 0 Å². The number of ether oxygens (including phenoxy) is 1. The molecule has 1 N–H and O–H groups in total. The fourth-order valence-corrected chi connectivity index (χ4v) is 2.77. The number of hydrogen-bond acceptors (Lipinski definition) is 3. The van der Waals surface area contributed by atoms with Gasteiger partial charge in [0, 0.05) is 13.1 Å². The predicted octanol–water partition coefficient (Wildman–Crippen LogP) is 3.00. The first-order valence-corrected chi connectivity index (χ1v) is 7.93. The van der Waals surface area contributed by atoms with Crippen molar-refractivity contribution in [2.75, 3.05) is 26.7 Å². The average molecular weight is 344 g/mol. The van der Waals surface area contributed by atoms with Crippen molar-refractivity contribution in [3.05, 3.63) is 29.8 Å². The Morgan fingerprint density at radius 1 is 1.29 bits per heavy atom. The summed E-state index contributed by atoms with van der Waals surface area (Å²) in [4.78, 5) is 13.7. The Morgan fingerprint density at radius 3 is 2.33 bits per heavy atom. The number of rotatable bonds is 6. The SMILES string of the molecule is COc1ccc(C(NC(=O)CN2CC(C(F)(F)F)C2)C(C)C)cc1. The molecule has 1 amide bonds. The molecule has 134 valence electrons.